The van der Waals surface area contributed by atoms with Crippen LogP contribution in [0.5, 0.6) is 0 Å². The van der Waals surface area contributed by atoms with Gasteiger partial charge < -0.3 is 5.11 Å². The van der Waals surface area contributed by atoms with Crippen LogP contribution in [0.4, 0.5) is 39.5 Å². The molecule has 0 aliphatic rings. The van der Waals surface area contributed by atoms with Gasteiger partial charge in [-0.05, 0) is 12.8 Å². The molecule has 0 heterocycles. The predicted octanol–water partition coefficient (Wildman–Crippen LogP) is 5.35. The summed E-state index contributed by atoms with van der Waals surface area (Å²) in [4.78, 5) is 0. The number of hydrogen-bond acceptors (Lipinski definition) is 1. The van der Waals surface area contributed by atoms with Gasteiger partial charge in [-0.15, -0.1) is 0 Å². The Morgan fingerprint density at radius 2 is 1.48 bits per heavy atom. The maximum Gasteiger partial charge on any atom is 0.460 e. The summed E-state index contributed by atoms with van der Waals surface area (Å²) in [6.07, 6.45) is -6.02. The highest BCUT2D eigenvalue weighted by atomic mass is 19.4. The largest absolute Gasteiger partial charge is 0.460 e. The van der Waals surface area contributed by atoms with Gasteiger partial charge in [0.05, 0.1) is 6.42 Å². The van der Waals surface area contributed by atoms with E-state index in [0.29, 0.717) is 12.8 Å². The molecule has 1 N–H and O–H groups in total. The normalized spacial score (nSPS) is 14.3. The van der Waals surface area contributed by atoms with Crippen LogP contribution in [-0.2, 0) is 0 Å². The van der Waals surface area contributed by atoms with Crippen molar-refractivity contribution in [2.45, 2.75) is 63.0 Å². The fourth-order valence-electron chi connectivity index (χ4n) is 1.75. The lowest BCUT2D eigenvalue weighted by Gasteiger charge is -2.33. The first-order chi connectivity index (χ1) is 11.2. The Morgan fingerprint density at radius 1 is 0.920 bits per heavy atom. The Kier molecular flexibility index (Phi) is 8.34. The van der Waals surface area contributed by atoms with Crippen LogP contribution in [0.15, 0.2) is 11.6 Å². The number of unbranched alkanes of at least 4 members (excludes halogenated alkanes) is 3. The van der Waals surface area contributed by atoms with E-state index in [-0.39, 0.29) is 6.42 Å². The Labute approximate surface area is 138 Å². The van der Waals surface area contributed by atoms with Crippen molar-refractivity contribution in [1.29, 1.82) is 0 Å². The summed E-state index contributed by atoms with van der Waals surface area (Å²) >= 11 is 0. The van der Waals surface area contributed by atoms with Crippen molar-refractivity contribution >= 4 is 0 Å². The Morgan fingerprint density at radius 3 is 1.92 bits per heavy atom. The van der Waals surface area contributed by atoms with Crippen LogP contribution in [0.1, 0.15) is 39.0 Å². The fourth-order valence-corrected chi connectivity index (χ4v) is 1.75. The lowest BCUT2D eigenvalue weighted by molar-refractivity contribution is -0.395. The van der Waals surface area contributed by atoms with Gasteiger partial charge in [-0.2, -0.15) is 39.5 Å². The summed E-state index contributed by atoms with van der Waals surface area (Å²) in [5.41, 5.74) is -0.743. The van der Waals surface area contributed by atoms with E-state index in [1.54, 1.807) is 0 Å². The second kappa shape index (κ2) is 8.83. The Balaban J connectivity index is 5.57. The van der Waals surface area contributed by atoms with Gasteiger partial charge in [0, 0.05) is 5.57 Å². The van der Waals surface area contributed by atoms with Crippen molar-refractivity contribution in [1.82, 2.24) is 0 Å². The zero-order valence-corrected chi connectivity index (χ0v) is 13.2. The number of alkyl halides is 9. The molecule has 10 heteroatoms. The second-order valence-electron chi connectivity index (χ2n) is 5.21. The van der Waals surface area contributed by atoms with Crippen molar-refractivity contribution in [3.05, 3.63) is 11.6 Å². The summed E-state index contributed by atoms with van der Waals surface area (Å²) in [5.74, 6) is -15.5. The maximum absolute atomic E-state index is 13.6. The molecule has 0 aliphatic heterocycles. The summed E-state index contributed by atoms with van der Waals surface area (Å²) in [5, 5.41) is 8.51. The average molecular weight is 384 g/mol. The minimum atomic E-state index is -6.92. The van der Waals surface area contributed by atoms with E-state index in [1.165, 1.54) is 0 Å². The Bertz CT molecular complexity index is 509. The van der Waals surface area contributed by atoms with Crippen LogP contribution in [0.2, 0.25) is 0 Å². The second-order valence-corrected chi connectivity index (χ2v) is 5.21. The number of aliphatic hydroxyl groups excluding tert-OH is 1. The zero-order valence-electron chi connectivity index (χ0n) is 13.2. The highest BCUT2D eigenvalue weighted by molar-refractivity contribution is 5.30. The van der Waals surface area contributed by atoms with E-state index in [1.807, 2.05) is 18.8 Å². The molecule has 0 fully saturated rings. The fraction of sp³-hybridized carbons (Fsp3) is 0.733. The van der Waals surface area contributed by atoms with E-state index in [0.717, 1.165) is 12.5 Å². The molecule has 0 amide bonds. The van der Waals surface area contributed by atoms with E-state index in [2.05, 4.69) is 0 Å². The van der Waals surface area contributed by atoms with Gasteiger partial charge in [0.25, 0.3) is 0 Å². The minimum absolute atomic E-state index is 0.0978. The van der Waals surface area contributed by atoms with E-state index in [4.69, 9.17) is 5.11 Å². The summed E-state index contributed by atoms with van der Waals surface area (Å²) in [7, 11) is 0. The predicted molar refractivity (Wildman–Crippen MR) is 72.6 cm³/mol. The third kappa shape index (κ3) is 5.83. The Hall–Kier alpha value is -1.37. The molecule has 0 aromatic heterocycles. The van der Waals surface area contributed by atoms with Gasteiger partial charge in [0.1, 0.15) is 6.61 Å². The molecule has 146 valence electrons. The van der Waals surface area contributed by atoms with Crippen LogP contribution >= 0.6 is 0 Å². The molecule has 0 radical (unpaired) electrons. The first-order valence-corrected chi connectivity index (χ1v) is 7.23. The van der Waals surface area contributed by atoms with Gasteiger partial charge in [-0.25, -0.2) is 0 Å². The molecule has 0 spiro atoms. The lowest BCUT2D eigenvalue weighted by Crippen LogP contribution is -2.60. The van der Waals surface area contributed by atoms with E-state index < -0.39 is 42.5 Å². The van der Waals surface area contributed by atoms with Crippen LogP contribution in [0.25, 0.3) is 0 Å². The molecule has 0 rings (SSSR count). The quantitative estimate of drug-likeness (QED) is 0.340. The highest BCUT2D eigenvalue weighted by Gasteiger charge is 2.81. The zero-order chi connectivity index (χ0) is 19.9. The molecule has 0 aromatic rings. The van der Waals surface area contributed by atoms with Gasteiger partial charge in [-0.3, -0.25) is 0 Å². The van der Waals surface area contributed by atoms with Gasteiger partial charge in [0.2, 0.25) is 0 Å². The summed E-state index contributed by atoms with van der Waals surface area (Å²) in [6, 6.07) is 0. The molecule has 25 heavy (non-hydrogen) atoms. The molecule has 0 atom stereocenters. The molecule has 1 nitrogen and oxygen atoms in total. The maximum atomic E-state index is 13.6. The van der Waals surface area contributed by atoms with Crippen LogP contribution in [0, 0.1) is 11.8 Å². The molecular weight excluding hydrogens is 367 g/mol. The molecule has 0 bridgehead atoms. The van der Waals surface area contributed by atoms with Crippen molar-refractivity contribution < 1.29 is 44.6 Å². The number of rotatable bonds is 8. The van der Waals surface area contributed by atoms with Crippen LogP contribution in [-0.4, -0.2) is 35.7 Å². The van der Waals surface area contributed by atoms with Gasteiger partial charge in [-0.1, -0.05) is 37.7 Å². The number of aliphatic hydroxyl groups is 1. The molecule has 0 saturated heterocycles. The van der Waals surface area contributed by atoms with Crippen molar-refractivity contribution in [3.8, 4) is 11.8 Å². The van der Waals surface area contributed by atoms with Crippen LogP contribution < -0.4 is 0 Å². The summed E-state index contributed by atoms with van der Waals surface area (Å²) in [6.45, 7) is 0.997. The number of allylic oxidation sites excluding steroid dienone is 2. The molecule has 0 aromatic carbocycles. The van der Waals surface area contributed by atoms with Crippen molar-refractivity contribution in [2.75, 3.05) is 6.61 Å². The van der Waals surface area contributed by atoms with Crippen molar-refractivity contribution in [2.24, 2.45) is 0 Å². The van der Waals surface area contributed by atoms with E-state index >= 15 is 0 Å². The van der Waals surface area contributed by atoms with Gasteiger partial charge >= 0.3 is 23.9 Å². The average Bonchev–Trinajstić information content (AvgIpc) is 2.47. The SMILES string of the molecule is CCCCC/C=C(/C#CCO)CC(F)(F)C(F)(F)C(F)(F)C(F)(F)F. The standard InChI is InChI=1S/C15H17F9O/c1-2-3-4-5-7-11(8-6-9-25)10-12(16,17)13(18,19)14(20,21)15(22,23)24/h7,25H,2-5,9-10H2,1H3/b11-7-. The van der Waals surface area contributed by atoms with Crippen molar-refractivity contribution in [3.63, 3.8) is 0 Å². The minimum Gasteiger partial charge on any atom is -0.384 e. The monoisotopic (exact) mass is 384 g/mol. The number of halogens is 9. The highest BCUT2D eigenvalue weighted by Crippen LogP contribution is 2.54. The molecular formula is C15H17F9O. The topological polar surface area (TPSA) is 20.2 Å². The molecule has 0 saturated carbocycles. The van der Waals surface area contributed by atoms with Gasteiger partial charge in [0.15, 0.2) is 0 Å². The number of hydrogen-bond donors (Lipinski definition) is 1. The summed E-state index contributed by atoms with van der Waals surface area (Å²) < 4.78 is 115. The van der Waals surface area contributed by atoms with E-state index in [9.17, 15) is 39.5 Å². The smallest absolute Gasteiger partial charge is 0.384 e. The first kappa shape index (κ1) is 23.6. The lowest BCUT2D eigenvalue weighted by atomic mass is 9.96. The first-order valence-electron chi connectivity index (χ1n) is 7.23. The molecule has 0 aliphatic carbocycles. The van der Waals surface area contributed by atoms with Crippen LogP contribution in [0.3, 0.4) is 0 Å². The third-order valence-electron chi connectivity index (χ3n) is 3.15. The molecule has 0 unspecified atom stereocenters. The third-order valence-corrected chi connectivity index (χ3v) is 3.15.